The number of carbonyl (C=O) groups is 1. The van der Waals surface area contributed by atoms with Gasteiger partial charge in [-0.2, -0.15) is 0 Å². The third-order valence-electron chi connectivity index (χ3n) is 3.97. The summed E-state index contributed by atoms with van der Waals surface area (Å²) in [5.41, 5.74) is 2.40. The van der Waals surface area contributed by atoms with Crippen molar-refractivity contribution in [3.63, 3.8) is 0 Å². The second kappa shape index (κ2) is 6.21. The largest absolute Gasteiger partial charge is 0.332 e. The summed E-state index contributed by atoms with van der Waals surface area (Å²) >= 11 is 6.05. The Hall–Kier alpha value is -2.31. The molecule has 1 atom stereocenters. The second-order valence-corrected chi connectivity index (χ2v) is 5.62. The Labute approximate surface area is 134 Å². The molecule has 1 aromatic carbocycles. The highest BCUT2D eigenvalue weighted by Crippen LogP contribution is 2.33. The summed E-state index contributed by atoms with van der Waals surface area (Å²) in [5.74, 6) is 2.54. The van der Waals surface area contributed by atoms with Crippen LogP contribution in [-0.4, -0.2) is 22.3 Å². The molecule has 0 N–H and O–H groups in total. The fourth-order valence-corrected chi connectivity index (χ4v) is 3.06. The van der Waals surface area contributed by atoms with Crippen LogP contribution < -0.4 is 0 Å². The fourth-order valence-electron chi connectivity index (χ4n) is 2.86. The molecule has 1 fully saturated rings. The zero-order chi connectivity index (χ0) is 15.5. The second-order valence-electron chi connectivity index (χ2n) is 5.26. The quantitative estimate of drug-likeness (QED) is 0.626. The van der Waals surface area contributed by atoms with Crippen molar-refractivity contribution < 1.29 is 4.79 Å². The molecule has 0 radical (unpaired) electrons. The van der Waals surface area contributed by atoms with Crippen LogP contribution in [0, 0.1) is 12.3 Å². The van der Waals surface area contributed by atoms with E-state index in [0.29, 0.717) is 5.56 Å². The van der Waals surface area contributed by atoms with Gasteiger partial charge in [-0.05, 0) is 42.7 Å². The molecule has 22 heavy (non-hydrogen) atoms. The molecule has 1 saturated heterocycles. The van der Waals surface area contributed by atoms with Gasteiger partial charge in [0.05, 0.1) is 11.6 Å². The first kappa shape index (κ1) is 14.6. The summed E-state index contributed by atoms with van der Waals surface area (Å²) in [6.07, 6.45) is 8.89. The summed E-state index contributed by atoms with van der Waals surface area (Å²) < 4.78 is 0. The smallest absolute Gasteiger partial charge is 0.257 e. The first-order valence-electron chi connectivity index (χ1n) is 7.19. The highest BCUT2D eigenvalue weighted by atomic mass is 35.5. The van der Waals surface area contributed by atoms with Gasteiger partial charge in [0.25, 0.3) is 5.91 Å². The van der Waals surface area contributed by atoms with Crippen LogP contribution in [0.1, 0.15) is 40.4 Å². The molecule has 110 valence electrons. The minimum atomic E-state index is -0.0679. The van der Waals surface area contributed by atoms with E-state index in [-0.39, 0.29) is 17.1 Å². The van der Waals surface area contributed by atoms with Crippen LogP contribution in [0.2, 0.25) is 5.15 Å². The molecular formula is C18H15ClN2O. The first-order valence-corrected chi connectivity index (χ1v) is 7.56. The standard InChI is InChI=1S/C18H15ClN2O/c1-2-13-7-9-14(10-8-13)16-6-4-12-21(16)18(22)15-5-3-11-20-17(15)19/h1,3,5,7-11,16H,4,6,12H2. The molecular weight excluding hydrogens is 296 g/mol. The normalized spacial score (nSPS) is 17.3. The number of hydrogen-bond acceptors (Lipinski definition) is 2. The minimum absolute atomic E-state index is 0.0654. The van der Waals surface area contributed by atoms with Crippen LogP contribution in [0.4, 0.5) is 0 Å². The summed E-state index contributed by atoms with van der Waals surface area (Å²) in [5, 5.41) is 0.251. The molecule has 0 bridgehead atoms. The Bertz CT molecular complexity index is 733. The van der Waals surface area contributed by atoms with E-state index in [4.69, 9.17) is 18.0 Å². The lowest BCUT2D eigenvalue weighted by Crippen LogP contribution is -2.30. The van der Waals surface area contributed by atoms with Crippen LogP contribution in [0.3, 0.4) is 0 Å². The van der Waals surface area contributed by atoms with Crippen LogP contribution in [0.5, 0.6) is 0 Å². The van der Waals surface area contributed by atoms with Crippen molar-refractivity contribution in [2.45, 2.75) is 18.9 Å². The van der Waals surface area contributed by atoms with E-state index in [1.54, 1.807) is 18.3 Å². The minimum Gasteiger partial charge on any atom is -0.332 e. The van der Waals surface area contributed by atoms with E-state index >= 15 is 0 Å². The number of likely N-dealkylation sites (tertiary alicyclic amines) is 1. The Morgan fingerprint density at radius 2 is 2.09 bits per heavy atom. The van der Waals surface area contributed by atoms with Gasteiger partial charge in [-0.1, -0.05) is 29.7 Å². The number of hydrogen-bond donors (Lipinski definition) is 0. The molecule has 0 aliphatic carbocycles. The fraction of sp³-hybridized carbons (Fsp3) is 0.222. The van der Waals surface area contributed by atoms with Gasteiger partial charge in [0, 0.05) is 18.3 Å². The maximum absolute atomic E-state index is 12.7. The van der Waals surface area contributed by atoms with Gasteiger partial charge >= 0.3 is 0 Å². The van der Waals surface area contributed by atoms with Crippen molar-refractivity contribution in [2.24, 2.45) is 0 Å². The van der Waals surface area contributed by atoms with E-state index in [2.05, 4.69) is 10.9 Å². The summed E-state index contributed by atoms with van der Waals surface area (Å²) in [6.45, 7) is 0.728. The monoisotopic (exact) mass is 310 g/mol. The maximum atomic E-state index is 12.7. The Balaban J connectivity index is 1.88. The number of terminal acetylenes is 1. The number of carbonyl (C=O) groups excluding carboxylic acids is 1. The van der Waals surface area contributed by atoms with E-state index < -0.39 is 0 Å². The lowest BCUT2D eigenvalue weighted by molar-refractivity contribution is 0.0735. The number of pyridine rings is 1. The molecule has 1 aliphatic rings. The predicted molar refractivity (Wildman–Crippen MR) is 86.6 cm³/mol. The van der Waals surface area contributed by atoms with Crippen LogP contribution >= 0.6 is 11.6 Å². The number of amides is 1. The van der Waals surface area contributed by atoms with E-state index in [9.17, 15) is 4.79 Å². The van der Waals surface area contributed by atoms with Crippen molar-refractivity contribution in [1.82, 2.24) is 9.88 Å². The van der Waals surface area contributed by atoms with Crippen LogP contribution in [0.25, 0.3) is 0 Å². The van der Waals surface area contributed by atoms with Crippen molar-refractivity contribution in [1.29, 1.82) is 0 Å². The summed E-state index contributed by atoms with van der Waals surface area (Å²) in [6, 6.07) is 11.3. The first-order chi connectivity index (χ1) is 10.7. The Morgan fingerprint density at radius 1 is 1.32 bits per heavy atom. The van der Waals surface area contributed by atoms with Gasteiger partial charge < -0.3 is 4.90 Å². The average Bonchev–Trinajstić information content (AvgIpc) is 3.04. The van der Waals surface area contributed by atoms with E-state index in [1.807, 2.05) is 29.2 Å². The number of aromatic nitrogens is 1. The van der Waals surface area contributed by atoms with Crippen LogP contribution in [0.15, 0.2) is 42.6 Å². The zero-order valence-electron chi connectivity index (χ0n) is 12.0. The lowest BCUT2D eigenvalue weighted by Gasteiger charge is -2.25. The highest BCUT2D eigenvalue weighted by Gasteiger charge is 2.31. The maximum Gasteiger partial charge on any atom is 0.257 e. The number of nitrogens with zero attached hydrogens (tertiary/aromatic N) is 2. The molecule has 3 rings (SSSR count). The number of rotatable bonds is 2. The van der Waals surface area contributed by atoms with Crippen molar-refractivity contribution in [2.75, 3.05) is 6.54 Å². The molecule has 1 amide bonds. The molecule has 4 heteroatoms. The highest BCUT2D eigenvalue weighted by molar-refractivity contribution is 6.32. The lowest BCUT2D eigenvalue weighted by atomic mass is 10.0. The van der Waals surface area contributed by atoms with Gasteiger partial charge in [-0.3, -0.25) is 4.79 Å². The zero-order valence-corrected chi connectivity index (χ0v) is 12.8. The molecule has 1 aromatic heterocycles. The molecule has 1 unspecified atom stereocenters. The third-order valence-corrected chi connectivity index (χ3v) is 4.27. The third kappa shape index (κ3) is 2.70. The summed E-state index contributed by atoms with van der Waals surface area (Å²) in [4.78, 5) is 18.6. The van der Waals surface area contributed by atoms with Gasteiger partial charge in [-0.15, -0.1) is 6.42 Å². The van der Waals surface area contributed by atoms with Gasteiger partial charge in [0.1, 0.15) is 5.15 Å². The molecule has 2 aromatic rings. The van der Waals surface area contributed by atoms with E-state index in [0.717, 1.165) is 30.5 Å². The molecule has 3 nitrogen and oxygen atoms in total. The number of benzene rings is 1. The molecule has 2 heterocycles. The molecule has 0 spiro atoms. The van der Waals surface area contributed by atoms with E-state index in [1.165, 1.54) is 0 Å². The van der Waals surface area contributed by atoms with Crippen molar-refractivity contribution in [3.8, 4) is 12.3 Å². The average molecular weight is 311 g/mol. The van der Waals surface area contributed by atoms with Crippen molar-refractivity contribution >= 4 is 17.5 Å². The van der Waals surface area contributed by atoms with Crippen molar-refractivity contribution in [3.05, 3.63) is 64.4 Å². The van der Waals surface area contributed by atoms with Gasteiger partial charge in [-0.25, -0.2) is 4.98 Å². The summed E-state index contributed by atoms with van der Waals surface area (Å²) in [7, 11) is 0. The predicted octanol–water partition coefficient (Wildman–Crippen LogP) is 3.69. The van der Waals surface area contributed by atoms with Gasteiger partial charge in [0.15, 0.2) is 0 Å². The Kier molecular flexibility index (Phi) is 4.13. The Morgan fingerprint density at radius 3 is 2.77 bits per heavy atom. The van der Waals surface area contributed by atoms with Gasteiger partial charge in [0.2, 0.25) is 0 Å². The number of halogens is 1. The SMILES string of the molecule is C#Cc1ccc(C2CCCN2C(=O)c2cccnc2Cl)cc1. The molecule has 0 saturated carbocycles. The topological polar surface area (TPSA) is 33.2 Å². The van der Waals surface area contributed by atoms with Crippen LogP contribution in [-0.2, 0) is 0 Å². The molecule has 1 aliphatic heterocycles.